The molecule has 0 bridgehead atoms. The average Bonchev–Trinajstić information content (AvgIpc) is 3.21. The van der Waals surface area contributed by atoms with Gasteiger partial charge in [0.2, 0.25) is 18.5 Å². The van der Waals surface area contributed by atoms with Gasteiger partial charge in [0.05, 0.1) is 0 Å². The number of nitrogens with one attached hydrogen (secondary N) is 1. The molecule has 0 aliphatic carbocycles. The highest BCUT2D eigenvalue weighted by atomic mass is 35.5. The number of aromatic nitrogens is 4. The Kier molecular flexibility index (Phi) is 4.36. The molecule has 2 heterocycles. The second kappa shape index (κ2) is 6.81. The first kappa shape index (κ1) is 16.6. The largest absolute Gasteiger partial charge is 0.454 e. The summed E-state index contributed by atoms with van der Waals surface area (Å²) in [6, 6.07) is 10.1. The summed E-state index contributed by atoms with van der Waals surface area (Å²) in [6.45, 7) is 0.0777. The highest BCUT2D eigenvalue weighted by Crippen LogP contribution is 2.34. The van der Waals surface area contributed by atoms with E-state index in [9.17, 15) is 4.79 Å². The summed E-state index contributed by atoms with van der Waals surface area (Å²) < 4.78 is 10.6. The van der Waals surface area contributed by atoms with Crippen LogP contribution in [0.25, 0.3) is 11.4 Å². The standard InChI is InChI=1S/C16H11Cl2N5O3/c17-10-4-11(18)6-12(5-10)19-15(24)7-23-21-16(20-22-23)9-1-2-13-14(3-9)26-8-25-13/h1-6H,7-8H2,(H,19,24). The van der Waals surface area contributed by atoms with Gasteiger partial charge in [-0.15, -0.1) is 10.2 Å². The molecule has 0 fully saturated rings. The number of halogens is 2. The highest BCUT2D eigenvalue weighted by molar-refractivity contribution is 6.35. The lowest BCUT2D eigenvalue weighted by Gasteiger charge is -2.05. The Hall–Kier alpha value is -2.84. The van der Waals surface area contributed by atoms with Gasteiger partial charge >= 0.3 is 0 Å². The predicted molar refractivity (Wildman–Crippen MR) is 94.5 cm³/mol. The van der Waals surface area contributed by atoms with Gasteiger partial charge in [-0.2, -0.15) is 4.80 Å². The second-order valence-electron chi connectivity index (χ2n) is 5.42. The molecule has 3 aromatic rings. The van der Waals surface area contributed by atoms with Gasteiger partial charge in [-0.3, -0.25) is 4.79 Å². The van der Waals surface area contributed by atoms with Crippen molar-refractivity contribution >= 4 is 34.8 Å². The van der Waals surface area contributed by atoms with E-state index in [4.69, 9.17) is 32.7 Å². The zero-order chi connectivity index (χ0) is 18.1. The Morgan fingerprint density at radius 3 is 2.69 bits per heavy atom. The van der Waals surface area contributed by atoms with Crippen LogP contribution in [-0.4, -0.2) is 32.9 Å². The summed E-state index contributed by atoms with van der Waals surface area (Å²) in [5.41, 5.74) is 1.20. The van der Waals surface area contributed by atoms with Crippen LogP contribution in [-0.2, 0) is 11.3 Å². The minimum absolute atomic E-state index is 0.109. The first-order valence-corrected chi connectivity index (χ1v) is 8.26. The van der Waals surface area contributed by atoms with Crippen LogP contribution in [0, 0.1) is 0 Å². The number of ether oxygens (including phenoxy) is 2. The number of tetrazole rings is 1. The minimum atomic E-state index is -0.335. The molecule has 0 saturated carbocycles. The van der Waals surface area contributed by atoms with Crippen molar-refractivity contribution in [2.24, 2.45) is 0 Å². The monoisotopic (exact) mass is 391 g/mol. The number of benzene rings is 2. The van der Waals surface area contributed by atoms with Crippen LogP contribution >= 0.6 is 23.2 Å². The number of rotatable bonds is 4. The summed E-state index contributed by atoms with van der Waals surface area (Å²) in [4.78, 5) is 13.3. The van der Waals surface area contributed by atoms with Gasteiger partial charge in [0.15, 0.2) is 11.5 Å². The van der Waals surface area contributed by atoms with E-state index in [0.717, 1.165) is 0 Å². The molecule has 2 aromatic carbocycles. The second-order valence-corrected chi connectivity index (χ2v) is 6.29. The smallest absolute Gasteiger partial charge is 0.248 e. The molecule has 0 atom stereocenters. The number of carbonyl (C=O) groups is 1. The van der Waals surface area contributed by atoms with Crippen molar-refractivity contribution in [3.05, 3.63) is 46.4 Å². The van der Waals surface area contributed by atoms with Crippen molar-refractivity contribution in [3.63, 3.8) is 0 Å². The number of nitrogens with zero attached hydrogens (tertiary/aromatic N) is 4. The molecule has 0 radical (unpaired) electrons. The quantitative estimate of drug-likeness (QED) is 0.734. The molecule has 1 aromatic heterocycles. The molecule has 1 N–H and O–H groups in total. The molecule has 132 valence electrons. The molecular formula is C16H11Cl2N5O3. The van der Waals surface area contributed by atoms with E-state index in [2.05, 4.69) is 20.7 Å². The number of fused-ring (bicyclic) bond motifs is 1. The lowest BCUT2D eigenvalue weighted by Crippen LogP contribution is -2.20. The molecule has 1 aliphatic rings. The molecule has 26 heavy (non-hydrogen) atoms. The van der Waals surface area contributed by atoms with E-state index in [1.807, 2.05) is 0 Å². The predicted octanol–water partition coefficient (Wildman–Crippen LogP) is 3.01. The van der Waals surface area contributed by atoms with E-state index >= 15 is 0 Å². The minimum Gasteiger partial charge on any atom is -0.454 e. The Morgan fingerprint density at radius 2 is 1.88 bits per heavy atom. The maximum atomic E-state index is 12.1. The maximum absolute atomic E-state index is 12.1. The third-order valence-corrected chi connectivity index (χ3v) is 3.95. The Labute approximate surface area is 157 Å². The Morgan fingerprint density at radius 1 is 1.12 bits per heavy atom. The average molecular weight is 392 g/mol. The van der Waals surface area contributed by atoms with Crippen LogP contribution in [0.4, 0.5) is 5.69 Å². The Balaban J connectivity index is 1.45. The highest BCUT2D eigenvalue weighted by Gasteiger charge is 2.16. The third kappa shape index (κ3) is 3.56. The first-order valence-electron chi connectivity index (χ1n) is 7.50. The van der Waals surface area contributed by atoms with Crippen LogP contribution in [0.5, 0.6) is 11.5 Å². The van der Waals surface area contributed by atoms with Crippen molar-refractivity contribution in [2.75, 3.05) is 12.1 Å². The van der Waals surface area contributed by atoms with Gasteiger partial charge in [-0.25, -0.2) is 0 Å². The van der Waals surface area contributed by atoms with Crippen LogP contribution < -0.4 is 14.8 Å². The first-order chi connectivity index (χ1) is 12.6. The van der Waals surface area contributed by atoms with Crippen molar-refractivity contribution in [1.29, 1.82) is 0 Å². The third-order valence-electron chi connectivity index (χ3n) is 3.51. The van der Waals surface area contributed by atoms with Crippen LogP contribution in [0.2, 0.25) is 10.0 Å². The van der Waals surface area contributed by atoms with Crippen LogP contribution in [0.3, 0.4) is 0 Å². The van der Waals surface area contributed by atoms with Gasteiger partial charge in [-0.05, 0) is 41.6 Å². The van der Waals surface area contributed by atoms with Gasteiger partial charge in [0, 0.05) is 21.3 Å². The molecule has 8 nitrogen and oxygen atoms in total. The molecule has 0 spiro atoms. The SMILES string of the molecule is O=C(Cn1nnc(-c2ccc3c(c2)OCO3)n1)Nc1cc(Cl)cc(Cl)c1. The molecule has 1 aliphatic heterocycles. The zero-order valence-electron chi connectivity index (χ0n) is 13.1. The number of hydrogen-bond donors (Lipinski definition) is 1. The molecule has 10 heteroatoms. The fourth-order valence-electron chi connectivity index (χ4n) is 2.42. The molecule has 0 saturated heterocycles. The van der Waals surface area contributed by atoms with E-state index < -0.39 is 0 Å². The van der Waals surface area contributed by atoms with Crippen LogP contribution in [0.15, 0.2) is 36.4 Å². The van der Waals surface area contributed by atoms with E-state index in [0.29, 0.717) is 38.6 Å². The van der Waals surface area contributed by atoms with E-state index in [1.54, 1.807) is 36.4 Å². The Bertz CT molecular complexity index is 972. The fraction of sp³-hybridized carbons (Fsp3) is 0.125. The summed E-state index contributed by atoms with van der Waals surface area (Å²) in [7, 11) is 0. The number of hydrogen-bond acceptors (Lipinski definition) is 6. The van der Waals surface area contributed by atoms with Crippen molar-refractivity contribution in [3.8, 4) is 22.9 Å². The summed E-state index contributed by atoms with van der Waals surface area (Å²) in [5, 5.41) is 15.6. The van der Waals surface area contributed by atoms with Crippen molar-refractivity contribution in [2.45, 2.75) is 6.54 Å². The van der Waals surface area contributed by atoms with E-state index in [1.165, 1.54) is 4.80 Å². The van der Waals surface area contributed by atoms with Gasteiger partial charge in [0.25, 0.3) is 0 Å². The van der Waals surface area contributed by atoms with Crippen molar-refractivity contribution in [1.82, 2.24) is 20.2 Å². The molecule has 1 amide bonds. The molecule has 4 rings (SSSR count). The zero-order valence-corrected chi connectivity index (χ0v) is 14.7. The van der Waals surface area contributed by atoms with Gasteiger partial charge in [-0.1, -0.05) is 23.2 Å². The lowest BCUT2D eigenvalue weighted by atomic mass is 10.2. The van der Waals surface area contributed by atoms with Gasteiger partial charge in [0.1, 0.15) is 6.54 Å². The topological polar surface area (TPSA) is 91.2 Å². The maximum Gasteiger partial charge on any atom is 0.248 e. The lowest BCUT2D eigenvalue weighted by molar-refractivity contribution is -0.117. The molecule has 0 unspecified atom stereocenters. The number of amides is 1. The summed E-state index contributed by atoms with van der Waals surface area (Å²) in [6.07, 6.45) is 0. The molecular weight excluding hydrogens is 381 g/mol. The van der Waals surface area contributed by atoms with E-state index in [-0.39, 0.29) is 19.2 Å². The van der Waals surface area contributed by atoms with Crippen molar-refractivity contribution < 1.29 is 14.3 Å². The fourth-order valence-corrected chi connectivity index (χ4v) is 2.94. The summed E-state index contributed by atoms with van der Waals surface area (Å²) in [5.74, 6) is 1.33. The normalized spacial score (nSPS) is 12.2. The van der Waals surface area contributed by atoms with Crippen LogP contribution in [0.1, 0.15) is 0 Å². The summed E-state index contributed by atoms with van der Waals surface area (Å²) >= 11 is 11.8. The number of anilines is 1. The van der Waals surface area contributed by atoms with Gasteiger partial charge < -0.3 is 14.8 Å². The number of carbonyl (C=O) groups excluding carboxylic acids is 1.